The molecule has 0 saturated carbocycles. The molecule has 0 aliphatic heterocycles. The number of rotatable bonds is 5. The fourth-order valence-electron chi connectivity index (χ4n) is 1.72. The van der Waals surface area contributed by atoms with E-state index in [9.17, 15) is 4.79 Å². The van der Waals surface area contributed by atoms with Crippen LogP contribution in [0, 0.1) is 11.3 Å². The standard InChI is InChI=1S/C14H30N2O/c1-10(2)8-11(3)16(7)13(17)9-12(15)14(4,5)6/h10-12H,8-9,15H2,1-7H3. The van der Waals surface area contributed by atoms with Gasteiger partial charge in [0, 0.05) is 25.6 Å². The first-order valence-corrected chi connectivity index (χ1v) is 6.57. The van der Waals surface area contributed by atoms with Gasteiger partial charge in [-0.2, -0.15) is 0 Å². The number of hydrogen-bond acceptors (Lipinski definition) is 2. The second kappa shape index (κ2) is 6.39. The van der Waals surface area contributed by atoms with E-state index in [4.69, 9.17) is 5.73 Å². The molecule has 3 nitrogen and oxygen atoms in total. The van der Waals surface area contributed by atoms with Crippen LogP contribution in [0.2, 0.25) is 0 Å². The highest BCUT2D eigenvalue weighted by molar-refractivity contribution is 5.76. The van der Waals surface area contributed by atoms with Crippen LogP contribution in [0.4, 0.5) is 0 Å². The van der Waals surface area contributed by atoms with Crippen molar-refractivity contribution in [3.05, 3.63) is 0 Å². The SMILES string of the molecule is CC(C)CC(C)N(C)C(=O)CC(N)C(C)(C)C. The average Bonchev–Trinajstić information content (AvgIpc) is 2.13. The minimum absolute atomic E-state index is 0.0161. The molecule has 0 heterocycles. The predicted molar refractivity (Wildman–Crippen MR) is 73.7 cm³/mol. The van der Waals surface area contributed by atoms with Gasteiger partial charge in [0.2, 0.25) is 5.91 Å². The summed E-state index contributed by atoms with van der Waals surface area (Å²) < 4.78 is 0. The highest BCUT2D eigenvalue weighted by Gasteiger charge is 2.26. The monoisotopic (exact) mass is 242 g/mol. The number of hydrogen-bond donors (Lipinski definition) is 1. The Hall–Kier alpha value is -0.570. The topological polar surface area (TPSA) is 46.3 Å². The van der Waals surface area contributed by atoms with Crippen LogP contribution in [0.15, 0.2) is 0 Å². The second-order valence-corrected chi connectivity index (χ2v) is 6.66. The van der Waals surface area contributed by atoms with Gasteiger partial charge in [-0.25, -0.2) is 0 Å². The molecule has 3 heteroatoms. The van der Waals surface area contributed by atoms with E-state index in [-0.39, 0.29) is 23.4 Å². The third kappa shape index (κ3) is 6.06. The fourth-order valence-corrected chi connectivity index (χ4v) is 1.72. The Morgan fingerprint density at radius 2 is 1.71 bits per heavy atom. The maximum atomic E-state index is 12.1. The molecule has 2 unspecified atom stereocenters. The maximum Gasteiger partial charge on any atom is 0.224 e. The van der Waals surface area contributed by atoms with Crippen molar-refractivity contribution in [3.8, 4) is 0 Å². The van der Waals surface area contributed by atoms with Gasteiger partial charge in [0.25, 0.3) is 0 Å². The zero-order valence-corrected chi connectivity index (χ0v) is 12.6. The van der Waals surface area contributed by atoms with Gasteiger partial charge in [-0.05, 0) is 24.7 Å². The zero-order valence-electron chi connectivity index (χ0n) is 12.6. The van der Waals surface area contributed by atoms with Gasteiger partial charge in [-0.15, -0.1) is 0 Å². The van der Waals surface area contributed by atoms with E-state index in [0.717, 1.165) is 6.42 Å². The summed E-state index contributed by atoms with van der Waals surface area (Å²) in [5, 5.41) is 0. The van der Waals surface area contributed by atoms with E-state index < -0.39 is 0 Å². The van der Waals surface area contributed by atoms with Crippen LogP contribution in [0.25, 0.3) is 0 Å². The van der Waals surface area contributed by atoms with Crippen LogP contribution in [0.1, 0.15) is 54.4 Å². The molecule has 0 spiro atoms. The van der Waals surface area contributed by atoms with Crippen LogP contribution in [-0.2, 0) is 4.79 Å². The number of carbonyl (C=O) groups excluding carboxylic acids is 1. The lowest BCUT2D eigenvalue weighted by atomic mass is 9.85. The summed E-state index contributed by atoms with van der Waals surface area (Å²) in [6.45, 7) is 12.7. The van der Waals surface area contributed by atoms with Crippen LogP contribution in [0.3, 0.4) is 0 Å². The first-order valence-electron chi connectivity index (χ1n) is 6.57. The summed E-state index contributed by atoms with van der Waals surface area (Å²) in [5.41, 5.74) is 6.03. The molecule has 0 aromatic carbocycles. The average molecular weight is 242 g/mol. The number of carbonyl (C=O) groups is 1. The van der Waals surface area contributed by atoms with Gasteiger partial charge in [0.05, 0.1) is 0 Å². The first kappa shape index (κ1) is 16.4. The Bertz CT molecular complexity index is 243. The van der Waals surface area contributed by atoms with Crippen molar-refractivity contribution >= 4 is 5.91 Å². The molecule has 0 fully saturated rings. The normalized spacial score (nSPS) is 15.8. The van der Waals surface area contributed by atoms with Gasteiger partial charge in [-0.3, -0.25) is 4.79 Å². The van der Waals surface area contributed by atoms with Gasteiger partial charge in [0.1, 0.15) is 0 Å². The molecule has 0 bridgehead atoms. The van der Waals surface area contributed by atoms with Gasteiger partial charge >= 0.3 is 0 Å². The van der Waals surface area contributed by atoms with Gasteiger partial charge < -0.3 is 10.6 Å². The number of nitrogens with zero attached hydrogens (tertiary/aromatic N) is 1. The molecule has 102 valence electrons. The molecule has 2 atom stereocenters. The predicted octanol–water partition coefficient (Wildman–Crippen LogP) is 2.64. The first-order chi connectivity index (χ1) is 7.55. The quantitative estimate of drug-likeness (QED) is 0.805. The molecular formula is C14H30N2O. The molecule has 0 aromatic rings. The van der Waals surface area contributed by atoms with E-state index in [1.807, 2.05) is 11.9 Å². The molecule has 17 heavy (non-hydrogen) atoms. The highest BCUT2D eigenvalue weighted by atomic mass is 16.2. The minimum Gasteiger partial charge on any atom is -0.343 e. The van der Waals surface area contributed by atoms with Crippen molar-refractivity contribution in [1.29, 1.82) is 0 Å². The Morgan fingerprint density at radius 1 is 1.24 bits per heavy atom. The zero-order chi connectivity index (χ0) is 13.8. The van der Waals surface area contributed by atoms with E-state index >= 15 is 0 Å². The molecule has 1 amide bonds. The fraction of sp³-hybridized carbons (Fsp3) is 0.929. The molecular weight excluding hydrogens is 212 g/mol. The largest absolute Gasteiger partial charge is 0.343 e. The van der Waals surface area contributed by atoms with E-state index in [0.29, 0.717) is 12.3 Å². The third-order valence-corrected chi connectivity index (χ3v) is 3.37. The lowest BCUT2D eigenvalue weighted by Gasteiger charge is -2.31. The molecule has 0 radical (unpaired) electrons. The van der Waals surface area contributed by atoms with Crippen molar-refractivity contribution in [2.45, 2.75) is 66.5 Å². The van der Waals surface area contributed by atoms with Crippen LogP contribution < -0.4 is 5.73 Å². The minimum atomic E-state index is -0.0799. The van der Waals surface area contributed by atoms with Gasteiger partial charge in [0.15, 0.2) is 0 Å². The summed E-state index contributed by atoms with van der Waals surface area (Å²) in [5.74, 6) is 0.761. The van der Waals surface area contributed by atoms with E-state index in [1.54, 1.807) is 0 Å². The van der Waals surface area contributed by atoms with Crippen molar-refractivity contribution in [2.75, 3.05) is 7.05 Å². The molecule has 0 aromatic heterocycles. The second-order valence-electron chi connectivity index (χ2n) is 6.66. The van der Waals surface area contributed by atoms with Crippen molar-refractivity contribution in [1.82, 2.24) is 4.90 Å². The van der Waals surface area contributed by atoms with Crippen LogP contribution >= 0.6 is 0 Å². The smallest absolute Gasteiger partial charge is 0.224 e. The van der Waals surface area contributed by atoms with Crippen molar-refractivity contribution in [3.63, 3.8) is 0 Å². The maximum absolute atomic E-state index is 12.1. The Labute approximate surface area is 107 Å². The summed E-state index contributed by atoms with van der Waals surface area (Å²) in [7, 11) is 1.88. The Balaban J connectivity index is 4.32. The van der Waals surface area contributed by atoms with Crippen molar-refractivity contribution < 1.29 is 4.79 Å². The molecule has 2 N–H and O–H groups in total. The third-order valence-electron chi connectivity index (χ3n) is 3.37. The lowest BCUT2D eigenvalue weighted by Crippen LogP contribution is -2.43. The summed E-state index contributed by atoms with van der Waals surface area (Å²) >= 11 is 0. The van der Waals surface area contributed by atoms with Crippen LogP contribution in [0.5, 0.6) is 0 Å². The summed E-state index contributed by atoms with van der Waals surface area (Å²) in [4.78, 5) is 13.9. The highest BCUT2D eigenvalue weighted by Crippen LogP contribution is 2.21. The Kier molecular flexibility index (Phi) is 6.17. The van der Waals surface area contributed by atoms with E-state index in [2.05, 4.69) is 41.5 Å². The van der Waals surface area contributed by atoms with E-state index in [1.165, 1.54) is 0 Å². The molecule has 0 aliphatic rings. The number of nitrogens with two attached hydrogens (primary N) is 1. The van der Waals surface area contributed by atoms with Gasteiger partial charge in [-0.1, -0.05) is 34.6 Å². The summed E-state index contributed by atoms with van der Waals surface area (Å²) in [6.07, 6.45) is 1.47. The molecule has 0 rings (SSSR count). The lowest BCUT2D eigenvalue weighted by molar-refractivity contribution is -0.132. The number of amides is 1. The molecule has 0 saturated heterocycles. The molecule has 0 aliphatic carbocycles. The summed E-state index contributed by atoms with van der Waals surface area (Å²) in [6, 6.07) is 0.207. The van der Waals surface area contributed by atoms with Crippen molar-refractivity contribution in [2.24, 2.45) is 17.1 Å². The Morgan fingerprint density at radius 3 is 2.06 bits per heavy atom. The van der Waals surface area contributed by atoms with Crippen LogP contribution in [-0.4, -0.2) is 29.9 Å².